The third kappa shape index (κ3) is 3.45. The summed E-state index contributed by atoms with van der Waals surface area (Å²) in [6.07, 6.45) is -14.7. The van der Waals surface area contributed by atoms with Gasteiger partial charge in [0.25, 0.3) is 0 Å². The third-order valence-electron chi connectivity index (χ3n) is 3.18. The lowest BCUT2D eigenvalue weighted by Crippen LogP contribution is -2.56. The van der Waals surface area contributed by atoms with Gasteiger partial charge in [-0.1, -0.05) is 12.1 Å². The molecule has 0 aliphatic rings. The van der Waals surface area contributed by atoms with E-state index in [1.54, 1.807) is 0 Å². The van der Waals surface area contributed by atoms with Crippen LogP contribution in [0.1, 0.15) is 18.9 Å². The Hall–Kier alpha value is -1.51. The van der Waals surface area contributed by atoms with Gasteiger partial charge in [0.05, 0.1) is 12.7 Å². The second-order valence-corrected chi connectivity index (χ2v) is 4.98. The van der Waals surface area contributed by atoms with Crippen molar-refractivity contribution in [3.8, 4) is 5.75 Å². The summed E-state index contributed by atoms with van der Waals surface area (Å²) in [5.74, 6) is 0.0984. The van der Waals surface area contributed by atoms with Gasteiger partial charge in [0.15, 0.2) is 0 Å². The minimum atomic E-state index is -6.21. The first-order valence-electron chi connectivity index (χ1n) is 5.94. The number of benzene rings is 1. The highest BCUT2D eigenvalue weighted by atomic mass is 19.4. The van der Waals surface area contributed by atoms with Crippen molar-refractivity contribution in [1.82, 2.24) is 0 Å². The summed E-state index contributed by atoms with van der Waals surface area (Å²) >= 11 is 0. The van der Waals surface area contributed by atoms with Crippen LogP contribution < -0.4 is 4.74 Å². The number of rotatable bonds is 4. The molecule has 0 amide bonds. The lowest BCUT2D eigenvalue weighted by Gasteiger charge is -2.36. The van der Waals surface area contributed by atoms with E-state index in [1.165, 1.54) is 19.2 Å². The van der Waals surface area contributed by atoms with E-state index < -0.39 is 30.0 Å². The average molecular weight is 334 g/mol. The van der Waals surface area contributed by atoms with Crippen LogP contribution in [-0.4, -0.2) is 30.2 Å². The summed E-state index contributed by atoms with van der Waals surface area (Å²) in [7, 11) is 1.22. The zero-order valence-corrected chi connectivity index (χ0v) is 11.5. The Morgan fingerprint density at radius 2 is 1.50 bits per heavy atom. The maximum Gasteiger partial charge on any atom is 0.431 e. The summed E-state index contributed by atoms with van der Waals surface area (Å²) in [5, 5.41) is 9.97. The van der Waals surface area contributed by atoms with Crippen molar-refractivity contribution in [2.24, 2.45) is 0 Å². The molecule has 1 aromatic carbocycles. The molecule has 0 bridgehead atoms. The van der Waals surface area contributed by atoms with E-state index in [0.717, 1.165) is 12.1 Å². The van der Waals surface area contributed by atoms with E-state index in [-0.39, 0.29) is 11.3 Å². The van der Waals surface area contributed by atoms with Crippen LogP contribution >= 0.6 is 0 Å². The van der Waals surface area contributed by atoms with E-state index in [9.17, 15) is 35.8 Å². The Balaban J connectivity index is 3.27. The van der Waals surface area contributed by atoms with Gasteiger partial charge in [-0.25, -0.2) is 4.39 Å². The normalized spacial score (nSPS) is 16.3. The molecule has 1 atom stereocenters. The van der Waals surface area contributed by atoms with Gasteiger partial charge in [-0.05, 0) is 24.6 Å². The average Bonchev–Trinajstić information content (AvgIpc) is 2.35. The van der Waals surface area contributed by atoms with Crippen molar-refractivity contribution < 1.29 is 40.6 Å². The van der Waals surface area contributed by atoms with Crippen molar-refractivity contribution in [3.05, 3.63) is 29.8 Å². The Morgan fingerprint density at radius 3 is 1.91 bits per heavy atom. The Labute approximate surface area is 121 Å². The van der Waals surface area contributed by atoms with Crippen LogP contribution in [0.25, 0.3) is 0 Å². The third-order valence-corrected chi connectivity index (χ3v) is 3.18. The topological polar surface area (TPSA) is 29.5 Å². The molecule has 1 rings (SSSR count). The second kappa shape index (κ2) is 5.60. The molecule has 0 saturated heterocycles. The largest absolute Gasteiger partial charge is 0.497 e. The molecule has 0 spiro atoms. The van der Waals surface area contributed by atoms with Crippen LogP contribution in [0.3, 0.4) is 0 Å². The lowest BCUT2D eigenvalue weighted by atomic mass is 9.83. The van der Waals surface area contributed by atoms with Crippen LogP contribution in [0.15, 0.2) is 24.3 Å². The van der Waals surface area contributed by atoms with Crippen LogP contribution in [0.5, 0.6) is 5.75 Å². The zero-order chi connectivity index (χ0) is 17.4. The van der Waals surface area contributed by atoms with Crippen molar-refractivity contribution in [3.63, 3.8) is 0 Å². The molecule has 1 aromatic rings. The molecule has 1 unspecified atom stereocenters. The van der Waals surface area contributed by atoms with E-state index in [0.29, 0.717) is 6.92 Å². The van der Waals surface area contributed by atoms with E-state index >= 15 is 0 Å². The summed E-state index contributed by atoms with van der Waals surface area (Å²) in [4.78, 5) is 0. The molecule has 0 aliphatic carbocycles. The fourth-order valence-corrected chi connectivity index (χ4v) is 1.90. The van der Waals surface area contributed by atoms with Crippen LogP contribution in [0.2, 0.25) is 0 Å². The van der Waals surface area contributed by atoms with Crippen LogP contribution in [-0.2, 0) is 5.60 Å². The molecule has 9 heteroatoms. The molecular weight excluding hydrogens is 321 g/mol. The zero-order valence-electron chi connectivity index (χ0n) is 11.5. The first-order valence-corrected chi connectivity index (χ1v) is 5.94. The smallest absolute Gasteiger partial charge is 0.431 e. The van der Waals surface area contributed by atoms with Gasteiger partial charge in [0, 0.05) is 6.42 Å². The standard InChI is InChI=1S/C13H13F7O2/c1-10(21,8-4-3-5-9(6-8)22-2)7-11(14,12(15,16)17)13(18,19)20/h3-6,21H,7H2,1-2H3. The highest BCUT2D eigenvalue weighted by molar-refractivity contribution is 5.32. The minimum absolute atomic E-state index is 0.0984. The second-order valence-electron chi connectivity index (χ2n) is 4.98. The quantitative estimate of drug-likeness (QED) is 0.839. The van der Waals surface area contributed by atoms with Crippen molar-refractivity contribution in [2.45, 2.75) is 37.0 Å². The fraction of sp³-hybridized carbons (Fsp3) is 0.538. The first-order chi connectivity index (χ1) is 9.74. The maximum absolute atomic E-state index is 13.7. The number of hydrogen-bond donors (Lipinski definition) is 1. The summed E-state index contributed by atoms with van der Waals surface area (Å²) in [6.45, 7) is 0.674. The Kier molecular flexibility index (Phi) is 4.72. The molecule has 0 aromatic heterocycles. The molecule has 1 N–H and O–H groups in total. The molecule has 0 radical (unpaired) electrons. The van der Waals surface area contributed by atoms with Crippen molar-refractivity contribution >= 4 is 0 Å². The van der Waals surface area contributed by atoms with Gasteiger partial charge in [-0.3, -0.25) is 0 Å². The predicted molar refractivity (Wildman–Crippen MR) is 63.1 cm³/mol. The molecule has 126 valence electrons. The molecule has 0 saturated carbocycles. The van der Waals surface area contributed by atoms with Gasteiger partial charge in [-0.2, -0.15) is 26.3 Å². The molecule has 0 fully saturated rings. The molecular formula is C13H13F7O2. The molecule has 0 aliphatic heterocycles. The number of hydrogen-bond acceptors (Lipinski definition) is 2. The van der Waals surface area contributed by atoms with Crippen molar-refractivity contribution in [1.29, 1.82) is 0 Å². The molecule has 22 heavy (non-hydrogen) atoms. The first kappa shape index (κ1) is 18.5. The monoisotopic (exact) mass is 334 g/mol. The van der Waals surface area contributed by atoms with E-state index in [1.807, 2.05) is 0 Å². The van der Waals surface area contributed by atoms with Gasteiger partial charge in [0.1, 0.15) is 5.75 Å². The van der Waals surface area contributed by atoms with Crippen molar-refractivity contribution in [2.75, 3.05) is 7.11 Å². The minimum Gasteiger partial charge on any atom is -0.497 e. The lowest BCUT2D eigenvalue weighted by molar-refractivity contribution is -0.352. The number of ether oxygens (including phenoxy) is 1. The van der Waals surface area contributed by atoms with Crippen LogP contribution in [0.4, 0.5) is 30.7 Å². The SMILES string of the molecule is COc1cccc(C(C)(O)CC(F)(C(F)(F)F)C(F)(F)F)c1. The van der Waals surface area contributed by atoms with Gasteiger partial charge in [0.2, 0.25) is 0 Å². The number of aliphatic hydroxyl groups is 1. The van der Waals surface area contributed by atoms with Gasteiger partial charge < -0.3 is 9.84 Å². The number of halogens is 7. The highest BCUT2D eigenvalue weighted by Crippen LogP contribution is 2.51. The van der Waals surface area contributed by atoms with Crippen LogP contribution in [0, 0.1) is 0 Å². The highest BCUT2D eigenvalue weighted by Gasteiger charge is 2.73. The molecule has 2 nitrogen and oxygen atoms in total. The summed E-state index contributed by atoms with van der Waals surface area (Å²) in [6, 6.07) is 4.74. The van der Waals surface area contributed by atoms with E-state index in [2.05, 4.69) is 0 Å². The van der Waals surface area contributed by atoms with E-state index in [4.69, 9.17) is 4.74 Å². The predicted octanol–water partition coefficient (Wildman–Crippen LogP) is 4.13. The fourth-order valence-electron chi connectivity index (χ4n) is 1.90. The Morgan fingerprint density at radius 1 is 1.00 bits per heavy atom. The van der Waals surface area contributed by atoms with Gasteiger partial charge >= 0.3 is 18.0 Å². The maximum atomic E-state index is 13.7. The molecule has 0 heterocycles. The summed E-state index contributed by atoms with van der Waals surface area (Å²) < 4.78 is 93.9. The summed E-state index contributed by atoms with van der Waals surface area (Å²) in [5.41, 5.74) is -8.58. The Bertz CT molecular complexity index is 506. The van der Waals surface area contributed by atoms with Gasteiger partial charge in [-0.15, -0.1) is 0 Å². The number of alkyl halides is 7. The number of methoxy groups -OCH3 is 1.